The Kier molecular flexibility index (Phi) is 4.80. The number of hydrogen-bond donors (Lipinski definition) is 1. The van der Waals surface area contributed by atoms with Crippen LogP contribution in [0.4, 0.5) is 0 Å². The summed E-state index contributed by atoms with van der Waals surface area (Å²) in [5.41, 5.74) is 7.61. The maximum Gasteiger partial charge on any atom is 0.122 e. The van der Waals surface area contributed by atoms with Crippen molar-refractivity contribution in [2.45, 2.75) is 38.9 Å². The number of furan rings is 1. The molecule has 0 saturated heterocycles. The molecular formula is C15H22N2OS. The molecule has 0 spiro atoms. The van der Waals surface area contributed by atoms with Gasteiger partial charge in [0.2, 0.25) is 0 Å². The summed E-state index contributed by atoms with van der Waals surface area (Å²) >= 11 is 1.73. The van der Waals surface area contributed by atoms with Crippen LogP contribution in [-0.2, 0) is 6.54 Å². The molecule has 0 saturated carbocycles. The van der Waals surface area contributed by atoms with Crippen molar-refractivity contribution < 1.29 is 4.42 Å². The number of nitrogens with zero attached hydrogens (tertiary/aromatic N) is 1. The summed E-state index contributed by atoms with van der Waals surface area (Å²) in [5, 5.41) is 4.29. The number of aryl methyl sites for hydroxylation is 1. The highest BCUT2D eigenvalue weighted by Gasteiger charge is 2.26. The molecule has 0 aliphatic rings. The van der Waals surface area contributed by atoms with E-state index in [1.807, 2.05) is 19.1 Å². The van der Waals surface area contributed by atoms with E-state index in [4.69, 9.17) is 10.2 Å². The van der Waals surface area contributed by atoms with Crippen LogP contribution in [0.5, 0.6) is 0 Å². The number of thiophene rings is 1. The van der Waals surface area contributed by atoms with E-state index < -0.39 is 0 Å². The van der Waals surface area contributed by atoms with Crippen LogP contribution in [0.15, 0.2) is 33.4 Å². The molecule has 0 aromatic carbocycles. The van der Waals surface area contributed by atoms with Crippen LogP contribution >= 0.6 is 11.3 Å². The maximum absolute atomic E-state index is 6.29. The molecular weight excluding hydrogens is 256 g/mol. The SMILES string of the molecule is CCC(N)C(c1ccc(C)o1)N(C)Cc1ccsc1. The van der Waals surface area contributed by atoms with Crippen LogP contribution < -0.4 is 5.73 Å². The highest BCUT2D eigenvalue weighted by Crippen LogP contribution is 2.27. The molecule has 2 aromatic heterocycles. The molecule has 0 bridgehead atoms. The number of rotatable bonds is 6. The summed E-state index contributed by atoms with van der Waals surface area (Å²) in [7, 11) is 2.11. The second-order valence-corrected chi connectivity index (χ2v) is 5.79. The highest BCUT2D eigenvalue weighted by atomic mass is 32.1. The molecule has 0 amide bonds. The summed E-state index contributed by atoms with van der Waals surface area (Å²) in [4.78, 5) is 2.27. The van der Waals surface area contributed by atoms with E-state index >= 15 is 0 Å². The fourth-order valence-electron chi connectivity index (χ4n) is 2.36. The summed E-state index contributed by atoms with van der Waals surface area (Å²) in [6.07, 6.45) is 0.929. The van der Waals surface area contributed by atoms with Gasteiger partial charge < -0.3 is 10.2 Å². The molecule has 2 rings (SSSR count). The standard InChI is InChI=1S/C15H22N2OS/c1-4-13(16)15(14-6-5-11(2)18-14)17(3)9-12-7-8-19-10-12/h5-8,10,13,15H,4,9,16H2,1-3H3. The lowest BCUT2D eigenvalue weighted by Gasteiger charge is -2.30. The molecule has 3 nitrogen and oxygen atoms in total. The van der Waals surface area contributed by atoms with Crippen molar-refractivity contribution in [2.24, 2.45) is 5.73 Å². The van der Waals surface area contributed by atoms with E-state index in [0.717, 1.165) is 24.5 Å². The van der Waals surface area contributed by atoms with Crippen LogP contribution in [0.2, 0.25) is 0 Å². The van der Waals surface area contributed by atoms with Crippen molar-refractivity contribution in [1.29, 1.82) is 0 Å². The van der Waals surface area contributed by atoms with Crippen molar-refractivity contribution in [1.82, 2.24) is 4.90 Å². The summed E-state index contributed by atoms with van der Waals surface area (Å²) < 4.78 is 5.79. The summed E-state index contributed by atoms with van der Waals surface area (Å²) in [6.45, 7) is 4.98. The molecule has 2 N–H and O–H groups in total. The van der Waals surface area contributed by atoms with Crippen molar-refractivity contribution >= 4 is 11.3 Å². The van der Waals surface area contributed by atoms with Crippen molar-refractivity contribution in [3.63, 3.8) is 0 Å². The van der Waals surface area contributed by atoms with E-state index in [9.17, 15) is 0 Å². The lowest BCUT2D eigenvalue weighted by atomic mass is 10.0. The van der Waals surface area contributed by atoms with Gasteiger partial charge in [0.05, 0.1) is 6.04 Å². The zero-order valence-corrected chi connectivity index (χ0v) is 12.6. The van der Waals surface area contributed by atoms with Gasteiger partial charge in [0.25, 0.3) is 0 Å². The van der Waals surface area contributed by atoms with Crippen LogP contribution in [0, 0.1) is 6.92 Å². The van der Waals surface area contributed by atoms with Crippen LogP contribution in [-0.4, -0.2) is 18.0 Å². The lowest BCUT2D eigenvalue weighted by Crippen LogP contribution is -2.38. The number of nitrogens with two attached hydrogens (primary N) is 1. The minimum Gasteiger partial charge on any atom is -0.465 e. The summed E-state index contributed by atoms with van der Waals surface area (Å²) in [5.74, 6) is 1.90. The third-order valence-electron chi connectivity index (χ3n) is 3.42. The van der Waals surface area contributed by atoms with Gasteiger partial charge in [-0.1, -0.05) is 6.92 Å². The van der Waals surface area contributed by atoms with E-state index in [-0.39, 0.29) is 12.1 Å². The largest absolute Gasteiger partial charge is 0.465 e. The highest BCUT2D eigenvalue weighted by molar-refractivity contribution is 7.07. The third-order valence-corrected chi connectivity index (χ3v) is 4.15. The predicted molar refractivity (Wildman–Crippen MR) is 80.2 cm³/mol. The smallest absolute Gasteiger partial charge is 0.122 e. The Hall–Kier alpha value is -1.10. The predicted octanol–water partition coefficient (Wildman–Crippen LogP) is 3.56. The second kappa shape index (κ2) is 6.37. The van der Waals surface area contributed by atoms with Gasteiger partial charge in [-0.2, -0.15) is 11.3 Å². The van der Waals surface area contributed by atoms with Gasteiger partial charge in [0, 0.05) is 12.6 Å². The lowest BCUT2D eigenvalue weighted by molar-refractivity contribution is 0.174. The van der Waals surface area contributed by atoms with Crippen LogP contribution in [0.25, 0.3) is 0 Å². The Morgan fingerprint density at radius 2 is 2.16 bits per heavy atom. The van der Waals surface area contributed by atoms with E-state index in [0.29, 0.717) is 0 Å². The average Bonchev–Trinajstić information content (AvgIpc) is 3.01. The van der Waals surface area contributed by atoms with Crippen molar-refractivity contribution in [2.75, 3.05) is 7.05 Å². The molecule has 0 radical (unpaired) electrons. The summed E-state index contributed by atoms with van der Waals surface area (Å²) in [6, 6.07) is 6.40. The molecule has 0 fully saturated rings. The zero-order valence-electron chi connectivity index (χ0n) is 11.8. The number of hydrogen-bond acceptors (Lipinski definition) is 4. The maximum atomic E-state index is 6.29. The third kappa shape index (κ3) is 3.47. The van der Waals surface area contributed by atoms with E-state index in [1.165, 1.54) is 5.56 Å². The molecule has 4 heteroatoms. The van der Waals surface area contributed by atoms with Gasteiger partial charge in [-0.05, 0) is 54.9 Å². The average molecular weight is 278 g/mol. The molecule has 0 aliphatic heterocycles. The molecule has 19 heavy (non-hydrogen) atoms. The Balaban J connectivity index is 2.17. The van der Waals surface area contributed by atoms with Gasteiger partial charge >= 0.3 is 0 Å². The van der Waals surface area contributed by atoms with Gasteiger partial charge in [0.1, 0.15) is 11.5 Å². The Morgan fingerprint density at radius 3 is 2.68 bits per heavy atom. The van der Waals surface area contributed by atoms with Crippen molar-refractivity contribution in [3.05, 3.63) is 46.0 Å². The van der Waals surface area contributed by atoms with Crippen LogP contribution in [0.3, 0.4) is 0 Å². The normalized spacial score (nSPS) is 14.8. The minimum atomic E-state index is 0.0779. The quantitative estimate of drug-likeness (QED) is 0.878. The Labute approximate surface area is 119 Å². The molecule has 2 unspecified atom stereocenters. The van der Waals surface area contributed by atoms with Gasteiger partial charge in [0.15, 0.2) is 0 Å². The van der Waals surface area contributed by atoms with Gasteiger partial charge in [-0.25, -0.2) is 0 Å². The topological polar surface area (TPSA) is 42.4 Å². The van der Waals surface area contributed by atoms with Gasteiger partial charge in [-0.15, -0.1) is 0 Å². The van der Waals surface area contributed by atoms with Gasteiger partial charge in [-0.3, -0.25) is 4.90 Å². The minimum absolute atomic E-state index is 0.0779. The first-order valence-electron chi connectivity index (χ1n) is 6.65. The first-order chi connectivity index (χ1) is 9.11. The van der Waals surface area contributed by atoms with Crippen LogP contribution in [0.1, 0.15) is 36.5 Å². The second-order valence-electron chi connectivity index (χ2n) is 5.01. The molecule has 2 heterocycles. The molecule has 2 aromatic rings. The molecule has 0 aliphatic carbocycles. The molecule has 2 atom stereocenters. The Bertz CT molecular complexity index is 492. The fourth-order valence-corrected chi connectivity index (χ4v) is 3.02. The van der Waals surface area contributed by atoms with E-state index in [2.05, 4.69) is 35.7 Å². The Morgan fingerprint density at radius 1 is 1.37 bits per heavy atom. The first-order valence-corrected chi connectivity index (χ1v) is 7.59. The number of likely N-dealkylation sites (N-methyl/N-ethyl adjacent to an activating group) is 1. The fraction of sp³-hybridized carbons (Fsp3) is 0.467. The molecule has 104 valence electrons. The zero-order chi connectivity index (χ0) is 13.8. The van der Waals surface area contributed by atoms with Crippen molar-refractivity contribution in [3.8, 4) is 0 Å². The monoisotopic (exact) mass is 278 g/mol. The van der Waals surface area contributed by atoms with E-state index in [1.54, 1.807) is 11.3 Å². The first kappa shape index (κ1) is 14.3.